The number of ether oxygens (including phenoxy) is 1. The third-order valence-electron chi connectivity index (χ3n) is 3.08. The Labute approximate surface area is 108 Å². The van der Waals surface area contributed by atoms with Crippen LogP contribution in [0.1, 0.15) is 12.8 Å². The predicted octanol–water partition coefficient (Wildman–Crippen LogP) is 1.19. The fraction of sp³-hybridized carbons (Fsp3) is 0.500. The van der Waals surface area contributed by atoms with Crippen molar-refractivity contribution >= 4 is 15.7 Å². The zero-order chi connectivity index (χ0) is 13.0. The predicted molar refractivity (Wildman–Crippen MR) is 71.4 cm³/mol. The lowest BCUT2D eigenvalue weighted by Crippen LogP contribution is -2.38. The zero-order valence-electron chi connectivity index (χ0n) is 10.3. The summed E-state index contributed by atoms with van der Waals surface area (Å²) >= 11 is 0. The molecule has 0 unspecified atom stereocenters. The van der Waals surface area contributed by atoms with Crippen LogP contribution in [-0.4, -0.2) is 33.9 Å². The smallest absolute Gasteiger partial charge is 0.235 e. The van der Waals surface area contributed by atoms with Crippen LogP contribution < -0.4 is 14.8 Å². The van der Waals surface area contributed by atoms with Crippen LogP contribution in [0.3, 0.4) is 0 Å². The first-order valence-electron chi connectivity index (χ1n) is 5.99. The minimum absolute atomic E-state index is 0.330. The van der Waals surface area contributed by atoms with Crippen LogP contribution in [0.2, 0.25) is 0 Å². The second kappa shape index (κ2) is 5.58. The number of hydrogen-bond acceptors (Lipinski definition) is 4. The first kappa shape index (κ1) is 13.2. The van der Waals surface area contributed by atoms with Crippen molar-refractivity contribution in [3.63, 3.8) is 0 Å². The molecule has 0 radical (unpaired) electrons. The molecule has 0 aliphatic carbocycles. The van der Waals surface area contributed by atoms with Gasteiger partial charge in [0.2, 0.25) is 10.0 Å². The average Bonchev–Trinajstić information content (AvgIpc) is 2.40. The maximum absolute atomic E-state index is 12.2. The summed E-state index contributed by atoms with van der Waals surface area (Å²) in [7, 11) is -1.81. The van der Waals surface area contributed by atoms with Gasteiger partial charge < -0.3 is 10.1 Å². The number of anilines is 1. The molecule has 1 aliphatic rings. The first-order valence-corrected chi connectivity index (χ1v) is 7.53. The van der Waals surface area contributed by atoms with Crippen molar-refractivity contribution in [2.45, 2.75) is 18.1 Å². The quantitative estimate of drug-likeness (QED) is 0.862. The molecule has 1 aromatic carbocycles. The van der Waals surface area contributed by atoms with Gasteiger partial charge in [0.05, 0.1) is 18.0 Å². The van der Waals surface area contributed by atoms with Crippen molar-refractivity contribution in [1.29, 1.82) is 0 Å². The Morgan fingerprint density at radius 1 is 1.28 bits per heavy atom. The second-order valence-electron chi connectivity index (χ2n) is 4.30. The molecule has 2 rings (SSSR count). The van der Waals surface area contributed by atoms with Gasteiger partial charge in [0.25, 0.3) is 0 Å². The van der Waals surface area contributed by atoms with E-state index in [2.05, 4.69) is 10.0 Å². The number of nitrogens with one attached hydrogen (secondary N) is 2. The van der Waals surface area contributed by atoms with Crippen LogP contribution in [0.25, 0.3) is 0 Å². The fourth-order valence-electron chi connectivity index (χ4n) is 2.07. The zero-order valence-corrected chi connectivity index (χ0v) is 11.2. The van der Waals surface area contributed by atoms with E-state index in [0.717, 1.165) is 13.1 Å². The SMILES string of the molecule is COc1ccccc1NS(=O)(=O)C1CCNCC1. The molecule has 0 aromatic heterocycles. The minimum atomic E-state index is -3.34. The van der Waals surface area contributed by atoms with Crippen molar-refractivity contribution in [3.05, 3.63) is 24.3 Å². The van der Waals surface area contributed by atoms with Gasteiger partial charge in [-0.3, -0.25) is 4.72 Å². The van der Waals surface area contributed by atoms with Crippen LogP contribution in [0.15, 0.2) is 24.3 Å². The third kappa shape index (κ3) is 2.94. The Morgan fingerprint density at radius 3 is 2.61 bits per heavy atom. The van der Waals surface area contributed by atoms with Crippen LogP contribution in [0.5, 0.6) is 5.75 Å². The van der Waals surface area contributed by atoms with E-state index in [0.29, 0.717) is 24.3 Å². The molecular formula is C12H18N2O3S. The molecule has 1 aliphatic heterocycles. The molecule has 1 aromatic rings. The average molecular weight is 270 g/mol. The Kier molecular flexibility index (Phi) is 4.08. The van der Waals surface area contributed by atoms with E-state index in [1.807, 2.05) is 0 Å². The molecule has 6 heteroatoms. The first-order chi connectivity index (χ1) is 8.63. The molecule has 18 heavy (non-hydrogen) atoms. The van der Waals surface area contributed by atoms with E-state index in [1.54, 1.807) is 24.3 Å². The van der Waals surface area contributed by atoms with Crippen LogP contribution in [0, 0.1) is 0 Å². The van der Waals surface area contributed by atoms with E-state index in [4.69, 9.17) is 4.74 Å². The molecule has 0 spiro atoms. The van der Waals surface area contributed by atoms with Gasteiger partial charge in [0, 0.05) is 0 Å². The molecule has 1 fully saturated rings. The molecular weight excluding hydrogens is 252 g/mol. The summed E-state index contributed by atoms with van der Waals surface area (Å²) in [6.07, 6.45) is 1.29. The van der Waals surface area contributed by atoms with Crippen molar-refractivity contribution in [1.82, 2.24) is 5.32 Å². The molecule has 0 bridgehead atoms. The Bertz CT molecular complexity index is 496. The lowest BCUT2D eigenvalue weighted by molar-refractivity contribution is 0.417. The number of methoxy groups -OCH3 is 1. The number of piperidine rings is 1. The lowest BCUT2D eigenvalue weighted by atomic mass is 10.2. The summed E-state index contributed by atoms with van der Waals surface area (Å²) in [5.41, 5.74) is 0.499. The summed E-state index contributed by atoms with van der Waals surface area (Å²) in [6, 6.07) is 7.03. The van der Waals surface area contributed by atoms with Crippen molar-refractivity contribution < 1.29 is 13.2 Å². The molecule has 5 nitrogen and oxygen atoms in total. The molecule has 100 valence electrons. The highest BCUT2D eigenvalue weighted by Crippen LogP contribution is 2.26. The van der Waals surface area contributed by atoms with E-state index in [9.17, 15) is 8.42 Å². The van der Waals surface area contributed by atoms with Crippen LogP contribution in [-0.2, 0) is 10.0 Å². The highest BCUT2D eigenvalue weighted by molar-refractivity contribution is 7.93. The normalized spacial score (nSPS) is 17.4. The molecule has 0 saturated carbocycles. The van der Waals surface area contributed by atoms with Gasteiger partial charge in [0.15, 0.2) is 0 Å². The summed E-state index contributed by atoms with van der Waals surface area (Å²) in [4.78, 5) is 0. The highest BCUT2D eigenvalue weighted by Gasteiger charge is 2.27. The standard InChI is InChI=1S/C12H18N2O3S/c1-17-12-5-3-2-4-11(12)14-18(15,16)10-6-8-13-9-7-10/h2-5,10,13-14H,6-9H2,1H3. The van der Waals surface area contributed by atoms with Crippen molar-refractivity contribution in [2.75, 3.05) is 24.9 Å². The molecule has 1 saturated heterocycles. The third-order valence-corrected chi connectivity index (χ3v) is 4.94. The number of benzene rings is 1. The van der Waals surface area contributed by atoms with Gasteiger partial charge >= 0.3 is 0 Å². The van der Waals surface area contributed by atoms with Crippen LogP contribution >= 0.6 is 0 Å². The van der Waals surface area contributed by atoms with E-state index < -0.39 is 10.0 Å². The van der Waals surface area contributed by atoms with Gasteiger partial charge in [-0.1, -0.05) is 12.1 Å². The molecule has 0 atom stereocenters. The highest BCUT2D eigenvalue weighted by atomic mass is 32.2. The number of para-hydroxylation sites is 2. The largest absolute Gasteiger partial charge is 0.495 e. The summed E-state index contributed by atoms with van der Waals surface area (Å²) in [5, 5.41) is 2.83. The molecule has 0 amide bonds. The fourth-order valence-corrected chi connectivity index (χ4v) is 3.57. The molecule has 2 N–H and O–H groups in total. The number of rotatable bonds is 4. The monoisotopic (exact) mass is 270 g/mol. The Balaban J connectivity index is 2.16. The van der Waals surface area contributed by atoms with Crippen molar-refractivity contribution in [2.24, 2.45) is 0 Å². The van der Waals surface area contributed by atoms with Gasteiger partial charge in [-0.25, -0.2) is 8.42 Å². The van der Waals surface area contributed by atoms with Gasteiger partial charge in [-0.2, -0.15) is 0 Å². The summed E-state index contributed by atoms with van der Waals surface area (Å²) in [6.45, 7) is 1.50. The maximum atomic E-state index is 12.2. The van der Waals surface area contributed by atoms with Crippen molar-refractivity contribution in [3.8, 4) is 5.75 Å². The van der Waals surface area contributed by atoms with Crippen LogP contribution in [0.4, 0.5) is 5.69 Å². The van der Waals surface area contributed by atoms with Gasteiger partial charge in [-0.05, 0) is 38.1 Å². The van der Waals surface area contributed by atoms with E-state index in [1.165, 1.54) is 7.11 Å². The number of sulfonamides is 1. The van der Waals surface area contributed by atoms with E-state index in [-0.39, 0.29) is 5.25 Å². The topological polar surface area (TPSA) is 67.4 Å². The Morgan fingerprint density at radius 2 is 1.94 bits per heavy atom. The van der Waals surface area contributed by atoms with Gasteiger partial charge in [-0.15, -0.1) is 0 Å². The Hall–Kier alpha value is -1.27. The second-order valence-corrected chi connectivity index (χ2v) is 6.26. The lowest BCUT2D eigenvalue weighted by Gasteiger charge is -2.23. The maximum Gasteiger partial charge on any atom is 0.235 e. The number of hydrogen-bond donors (Lipinski definition) is 2. The van der Waals surface area contributed by atoms with E-state index >= 15 is 0 Å². The minimum Gasteiger partial charge on any atom is -0.495 e. The summed E-state index contributed by atoms with van der Waals surface area (Å²) < 4.78 is 32.2. The molecule has 1 heterocycles. The summed E-state index contributed by atoms with van der Waals surface area (Å²) in [5.74, 6) is 0.537. The van der Waals surface area contributed by atoms with Gasteiger partial charge in [0.1, 0.15) is 5.75 Å².